The van der Waals surface area contributed by atoms with E-state index in [-0.39, 0.29) is 0 Å². The predicted octanol–water partition coefficient (Wildman–Crippen LogP) is 3.16. The number of pyridine rings is 2. The van der Waals surface area contributed by atoms with Crippen molar-refractivity contribution in [1.82, 2.24) is 25.0 Å². The SMILES string of the molecule is C#Cc1cccc(-c2cc(-c3cn(Cc4cccc(COC)n4)nn3)cc(N)n2)c1. The molecule has 4 aromatic rings. The average molecular weight is 396 g/mol. The number of hydrogen-bond acceptors (Lipinski definition) is 6. The summed E-state index contributed by atoms with van der Waals surface area (Å²) in [6.45, 7) is 0.971. The Kier molecular flexibility index (Phi) is 5.50. The number of nitrogens with two attached hydrogens (primary N) is 1. The number of anilines is 1. The van der Waals surface area contributed by atoms with Crippen molar-refractivity contribution in [2.75, 3.05) is 12.8 Å². The van der Waals surface area contributed by atoms with Crippen LogP contribution in [-0.4, -0.2) is 32.1 Å². The van der Waals surface area contributed by atoms with Crippen LogP contribution in [0.2, 0.25) is 0 Å². The molecule has 0 atom stereocenters. The first-order chi connectivity index (χ1) is 14.6. The van der Waals surface area contributed by atoms with E-state index in [1.807, 2.05) is 54.7 Å². The van der Waals surface area contributed by atoms with Crippen molar-refractivity contribution in [2.24, 2.45) is 0 Å². The quantitative estimate of drug-likeness (QED) is 0.504. The van der Waals surface area contributed by atoms with E-state index in [1.54, 1.807) is 17.9 Å². The summed E-state index contributed by atoms with van der Waals surface area (Å²) >= 11 is 0. The van der Waals surface area contributed by atoms with Gasteiger partial charge in [-0.2, -0.15) is 0 Å². The minimum atomic E-state index is 0.400. The van der Waals surface area contributed by atoms with Crippen LogP contribution in [0, 0.1) is 12.3 Å². The van der Waals surface area contributed by atoms with Gasteiger partial charge < -0.3 is 10.5 Å². The second-order valence-corrected chi connectivity index (χ2v) is 6.75. The highest BCUT2D eigenvalue weighted by atomic mass is 16.5. The van der Waals surface area contributed by atoms with Gasteiger partial charge in [0.1, 0.15) is 11.5 Å². The van der Waals surface area contributed by atoms with Gasteiger partial charge in [0.15, 0.2) is 0 Å². The summed E-state index contributed by atoms with van der Waals surface area (Å²) in [5.74, 6) is 3.04. The Labute approximate surface area is 174 Å². The number of terminal acetylenes is 1. The summed E-state index contributed by atoms with van der Waals surface area (Å²) in [5.41, 5.74) is 11.7. The minimum absolute atomic E-state index is 0.400. The molecule has 148 valence electrons. The first-order valence-corrected chi connectivity index (χ1v) is 9.33. The molecule has 0 radical (unpaired) electrons. The molecule has 7 heteroatoms. The van der Waals surface area contributed by atoms with Crippen molar-refractivity contribution in [2.45, 2.75) is 13.2 Å². The largest absolute Gasteiger partial charge is 0.384 e. The second kappa shape index (κ2) is 8.55. The van der Waals surface area contributed by atoms with Gasteiger partial charge in [-0.1, -0.05) is 29.3 Å². The third-order valence-electron chi connectivity index (χ3n) is 4.49. The predicted molar refractivity (Wildman–Crippen MR) is 115 cm³/mol. The molecule has 0 bridgehead atoms. The Hall–Kier alpha value is -4.02. The third kappa shape index (κ3) is 4.35. The maximum Gasteiger partial charge on any atom is 0.124 e. The number of rotatable bonds is 6. The number of ether oxygens (including phenoxy) is 1. The molecule has 0 aliphatic rings. The fraction of sp³-hybridized carbons (Fsp3) is 0.130. The summed E-state index contributed by atoms with van der Waals surface area (Å²) in [6.07, 6.45) is 7.37. The molecular formula is C23H20N6O. The van der Waals surface area contributed by atoms with Gasteiger partial charge in [0, 0.05) is 23.8 Å². The lowest BCUT2D eigenvalue weighted by molar-refractivity contribution is 0.181. The van der Waals surface area contributed by atoms with Gasteiger partial charge >= 0.3 is 0 Å². The molecule has 4 rings (SSSR count). The summed E-state index contributed by atoms with van der Waals surface area (Å²) in [6, 6.07) is 17.2. The Morgan fingerprint density at radius 1 is 1.00 bits per heavy atom. The summed E-state index contributed by atoms with van der Waals surface area (Å²) in [7, 11) is 1.65. The van der Waals surface area contributed by atoms with Gasteiger partial charge in [0.2, 0.25) is 0 Å². The van der Waals surface area contributed by atoms with E-state index in [2.05, 4.69) is 26.2 Å². The number of hydrogen-bond donors (Lipinski definition) is 1. The normalized spacial score (nSPS) is 10.7. The van der Waals surface area contributed by atoms with Crippen molar-refractivity contribution < 1.29 is 4.74 Å². The number of aromatic nitrogens is 5. The van der Waals surface area contributed by atoms with Crippen LogP contribution in [0.15, 0.2) is 60.8 Å². The smallest absolute Gasteiger partial charge is 0.124 e. The molecular weight excluding hydrogens is 376 g/mol. The van der Waals surface area contributed by atoms with E-state index >= 15 is 0 Å². The first-order valence-electron chi connectivity index (χ1n) is 9.33. The van der Waals surface area contributed by atoms with Crippen LogP contribution >= 0.6 is 0 Å². The molecule has 0 unspecified atom stereocenters. The topological polar surface area (TPSA) is 91.7 Å². The third-order valence-corrected chi connectivity index (χ3v) is 4.49. The molecule has 30 heavy (non-hydrogen) atoms. The average Bonchev–Trinajstić information content (AvgIpc) is 3.22. The van der Waals surface area contributed by atoms with Crippen molar-refractivity contribution in [1.29, 1.82) is 0 Å². The lowest BCUT2D eigenvalue weighted by Gasteiger charge is -2.06. The minimum Gasteiger partial charge on any atom is -0.384 e. The van der Waals surface area contributed by atoms with Gasteiger partial charge in [-0.3, -0.25) is 4.98 Å². The fourth-order valence-electron chi connectivity index (χ4n) is 3.14. The maximum absolute atomic E-state index is 6.05. The van der Waals surface area contributed by atoms with E-state index in [4.69, 9.17) is 16.9 Å². The van der Waals surface area contributed by atoms with E-state index in [1.165, 1.54) is 0 Å². The maximum atomic E-state index is 6.05. The van der Waals surface area contributed by atoms with Crippen molar-refractivity contribution in [3.05, 3.63) is 77.7 Å². The van der Waals surface area contributed by atoms with Crippen LogP contribution in [0.3, 0.4) is 0 Å². The van der Waals surface area contributed by atoms with E-state index in [0.29, 0.717) is 24.7 Å². The van der Waals surface area contributed by atoms with Crippen molar-refractivity contribution in [3.63, 3.8) is 0 Å². The Morgan fingerprint density at radius 3 is 2.67 bits per heavy atom. The zero-order chi connectivity index (χ0) is 20.9. The van der Waals surface area contributed by atoms with E-state index in [0.717, 1.165) is 33.8 Å². The monoisotopic (exact) mass is 396 g/mol. The molecule has 0 aliphatic heterocycles. The standard InChI is InChI=1S/C23H20N6O/c1-3-16-6-4-7-17(10-16)21-11-18(12-23(24)26-21)22-14-29(28-27-22)13-19-8-5-9-20(25-19)15-30-2/h1,4-12,14H,13,15H2,2H3,(H2,24,26). The van der Waals surface area contributed by atoms with Crippen LogP contribution in [0.25, 0.3) is 22.5 Å². The number of benzene rings is 1. The fourth-order valence-corrected chi connectivity index (χ4v) is 3.14. The Bertz CT molecular complexity index is 1220. The molecule has 3 aromatic heterocycles. The van der Waals surface area contributed by atoms with Crippen molar-refractivity contribution >= 4 is 5.82 Å². The van der Waals surface area contributed by atoms with Crippen LogP contribution in [0.1, 0.15) is 17.0 Å². The van der Waals surface area contributed by atoms with Crippen LogP contribution in [0.5, 0.6) is 0 Å². The molecule has 1 aromatic carbocycles. The number of nitrogen functional groups attached to an aromatic ring is 1. The van der Waals surface area contributed by atoms with Gasteiger partial charge in [0.25, 0.3) is 0 Å². The summed E-state index contributed by atoms with van der Waals surface area (Å²) in [5, 5.41) is 8.53. The molecule has 0 saturated heterocycles. The number of methoxy groups -OCH3 is 1. The molecule has 0 spiro atoms. The lowest BCUT2D eigenvalue weighted by atomic mass is 10.1. The van der Waals surface area contributed by atoms with Crippen molar-refractivity contribution in [3.8, 4) is 34.9 Å². The Morgan fingerprint density at radius 2 is 1.83 bits per heavy atom. The zero-order valence-electron chi connectivity index (χ0n) is 16.5. The first kappa shape index (κ1) is 19.3. The van der Waals surface area contributed by atoms with Gasteiger partial charge in [-0.25, -0.2) is 9.67 Å². The van der Waals surface area contributed by atoms with Crippen LogP contribution in [-0.2, 0) is 17.9 Å². The van der Waals surface area contributed by atoms with Crippen LogP contribution < -0.4 is 5.73 Å². The van der Waals surface area contributed by atoms with E-state index < -0.39 is 0 Å². The highest BCUT2D eigenvalue weighted by Gasteiger charge is 2.10. The summed E-state index contributed by atoms with van der Waals surface area (Å²) < 4.78 is 6.88. The molecule has 7 nitrogen and oxygen atoms in total. The van der Waals surface area contributed by atoms with Gasteiger partial charge in [-0.05, 0) is 36.4 Å². The highest BCUT2D eigenvalue weighted by molar-refractivity contribution is 5.71. The van der Waals surface area contributed by atoms with Gasteiger partial charge in [0.05, 0.1) is 36.4 Å². The second-order valence-electron chi connectivity index (χ2n) is 6.75. The molecule has 0 amide bonds. The molecule has 2 N–H and O–H groups in total. The zero-order valence-corrected chi connectivity index (χ0v) is 16.5. The van der Waals surface area contributed by atoms with Gasteiger partial charge in [-0.15, -0.1) is 11.5 Å². The number of nitrogens with zero attached hydrogens (tertiary/aromatic N) is 5. The Balaban J connectivity index is 1.61. The molecule has 3 heterocycles. The van der Waals surface area contributed by atoms with Crippen LogP contribution in [0.4, 0.5) is 5.82 Å². The summed E-state index contributed by atoms with van der Waals surface area (Å²) in [4.78, 5) is 9.00. The lowest BCUT2D eigenvalue weighted by Crippen LogP contribution is -2.04. The molecule has 0 aliphatic carbocycles. The molecule has 0 saturated carbocycles. The van der Waals surface area contributed by atoms with E-state index in [9.17, 15) is 0 Å². The highest BCUT2D eigenvalue weighted by Crippen LogP contribution is 2.26. The molecule has 0 fully saturated rings.